The van der Waals surface area contributed by atoms with Gasteiger partial charge in [0.2, 0.25) is 0 Å². The SMILES string of the molecule is CC/N=N\C(=O)OCC. The molecule has 0 aromatic carbocycles. The number of carbonyl (C=O) groups excluding carboxylic acids is 1. The minimum Gasteiger partial charge on any atom is -0.447 e. The topological polar surface area (TPSA) is 51.0 Å². The van der Waals surface area contributed by atoms with Crippen molar-refractivity contribution in [3.05, 3.63) is 0 Å². The van der Waals surface area contributed by atoms with Crippen LogP contribution in [0.3, 0.4) is 0 Å². The Labute approximate surface area is 53.9 Å². The minimum atomic E-state index is -0.612. The predicted octanol–water partition coefficient (Wildman–Crippen LogP) is 1.61. The van der Waals surface area contributed by atoms with Crippen molar-refractivity contribution in [2.75, 3.05) is 13.2 Å². The van der Waals surface area contributed by atoms with Crippen LogP contribution in [0.2, 0.25) is 0 Å². The maximum absolute atomic E-state index is 10.3. The molecule has 0 aromatic rings. The second kappa shape index (κ2) is 5.21. The van der Waals surface area contributed by atoms with Gasteiger partial charge in [-0.25, -0.2) is 4.79 Å². The summed E-state index contributed by atoms with van der Waals surface area (Å²) in [4.78, 5) is 10.3. The summed E-state index contributed by atoms with van der Waals surface area (Å²) in [5.74, 6) is 0. The third-order valence-electron chi connectivity index (χ3n) is 0.562. The van der Waals surface area contributed by atoms with Crippen LogP contribution in [0.25, 0.3) is 0 Å². The summed E-state index contributed by atoms with van der Waals surface area (Å²) in [5, 5.41) is 6.64. The van der Waals surface area contributed by atoms with Gasteiger partial charge < -0.3 is 4.74 Å². The van der Waals surface area contributed by atoms with Gasteiger partial charge in [-0.15, -0.1) is 0 Å². The molecule has 9 heavy (non-hydrogen) atoms. The van der Waals surface area contributed by atoms with Gasteiger partial charge in [0, 0.05) is 0 Å². The lowest BCUT2D eigenvalue weighted by Gasteiger charge is -1.90. The van der Waals surface area contributed by atoms with Crippen LogP contribution in [0.5, 0.6) is 0 Å². The van der Waals surface area contributed by atoms with E-state index in [0.29, 0.717) is 13.2 Å². The number of ether oxygens (including phenoxy) is 1. The van der Waals surface area contributed by atoms with Gasteiger partial charge in [0.05, 0.1) is 13.2 Å². The maximum Gasteiger partial charge on any atom is 0.452 e. The lowest BCUT2D eigenvalue weighted by molar-refractivity contribution is 0.161. The van der Waals surface area contributed by atoms with Crippen LogP contribution in [-0.4, -0.2) is 19.2 Å². The Morgan fingerprint density at radius 2 is 2.22 bits per heavy atom. The van der Waals surface area contributed by atoms with E-state index in [2.05, 4.69) is 15.0 Å². The first-order valence-electron chi connectivity index (χ1n) is 2.85. The molecule has 0 bridgehead atoms. The van der Waals surface area contributed by atoms with Gasteiger partial charge in [-0.3, -0.25) is 0 Å². The summed E-state index contributed by atoms with van der Waals surface area (Å²) >= 11 is 0. The fourth-order valence-corrected chi connectivity index (χ4v) is 0.281. The average Bonchev–Trinajstić information content (AvgIpc) is 1.85. The van der Waals surface area contributed by atoms with Crippen molar-refractivity contribution in [1.29, 1.82) is 0 Å². The molecule has 0 atom stereocenters. The van der Waals surface area contributed by atoms with E-state index >= 15 is 0 Å². The Kier molecular flexibility index (Phi) is 4.67. The average molecular weight is 130 g/mol. The third kappa shape index (κ3) is 4.93. The van der Waals surface area contributed by atoms with Crippen molar-refractivity contribution < 1.29 is 9.53 Å². The predicted molar refractivity (Wildman–Crippen MR) is 32.4 cm³/mol. The molecule has 1 amide bonds. The molecule has 4 heteroatoms. The fourth-order valence-electron chi connectivity index (χ4n) is 0.281. The van der Waals surface area contributed by atoms with Gasteiger partial charge >= 0.3 is 6.09 Å². The van der Waals surface area contributed by atoms with Crippen molar-refractivity contribution in [3.63, 3.8) is 0 Å². The maximum atomic E-state index is 10.3. The molecule has 0 aliphatic rings. The zero-order chi connectivity index (χ0) is 7.11. The number of azo groups is 1. The molecular weight excluding hydrogens is 120 g/mol. The van der Waals surface area contributed by atoms with E-state index in [0.717, 1.165) is 0 Å². The Bertz CT molecular complexity index is 112. The summed E-state index contributed by atoms with van der Waals surface area (Å²) in [5.41, 5.74) is 0. The smallest absolute Gasteiger partial charge is 0.447 e. The number of carbonyl (C=O) groups is 1. The number of hydrogen-bond acceptors (Lipinski definition) is 3. The zero-order valence-corrected chi connectivity index (χ0v) is 5.63. The molecule has 0 aromatic heterocycles. The van der Waals surface area contributed by atoms with Crippen molar-refractivity contribution >= 4 is 6.09 Å². The first kappa shape index (κ1) is 8.07. The first-order valence-corrected chi connectivity index (χ1v) is 2.85. The van der Waals surface area contributed by atoms with Crippen LogP contribution in [0.15, 0.2) is 10.2 Å². The van der Waals surface area contributed by atoms with E-state index in [1.54, 1.807) is 13.8 Å². The molecule has 0 heterocycles. The van der Waals surface area contributed by atoms with E-state index in [9.17, 15) is 4.79 Å². The van der Waals surface area contributed by atoms with E-state index in [1.165, 1.54) is 0 Å². The molecule has 0 saturated carbocycles. The highest BCUT2D eigenvalue weighted by molar-refractivity contribution is 5.67. The lowest BCUT2D eigenvalue weighted by atomic mass is 10.8. The molecule has 0 aliphatic carbocycles. The zero-order valence-electron chi connectivity index (χ0n) is 5.63. The van der Waals surface area contributed by atoms with Crippen LogP contribution in [0.4, 0.5) is 4.79 Å². The van der Waals surface area contributed by atoms with Crippen LogP contribution in [-0.2, 0) is 4.74 Å². The van der Waals surface area contributed by atoms with Gasteiger partial charge in [0.15, 0.2) is 0 Å². The fraction of sp³-hybridized carbons (Fsp3) is 0.800. The van der Waals surface area contributed by atoms with Crippen LogP contribution in [0.1, 0.15) is 13.8 Å². The third-order valence-corrected chi connectivity index (χ3v) is 0.562. The van der Waals surface area contributed by atoms with Gasteiger partial charge in [0.1, 0.15) is 0 Å². The van der Waals surface area contributed by atoms with Crippen LogP contribution in [0, 0.1) is 0 Å². The molecule has 0 fully saturated rings. The Morgan fingerprint density at radius 3 is 2.67 bits per heavy atom. The largest absolute Gasteiger partial charge is 0.452 e. The van der Waals surface area contributed by atoms with Crippen LogP contribution < -0.4 is 0 Å². The van der Waals surface area contributed by atoms with E-state index in [-0.39, 0.29) is 0 Å². The quantitative estimate of drug-likeness (QED) is 0.533. The molecule has 4 nitrogen and oxygen atoms in total. The number of rotatable bonds is 2. The van der Waals surface area contributed by atoms with Crippen molar-refractivity contribution in [3.8, 4) is 0 Å². The molecule has 0 unspecified atom stereocenters. The van der Waals surface area contributed by atoms with E-state index < -0.39 is 6.09 Å². The second-order valence-corrected chi connectivity index (χ2v) is 1.26. The standard InChI is InChI=1S/C5H10N2O2/c1-3-6-7-5(8)9-4-2/h3-4H2,1-2H3/b7-6-. The van der Waals surface area contributed by atoms with Gasteiger partial charge in [-0.1, -0.05) is 5.11 Å². The first-order chi connectivity index (χ1) is 4.31. The Morgan fingerprint density at radius 1 is 1.56 bits per heavy atom. The molecule has 52 valence electrons. The summed E-state index contributed by atoms with van der Waals surface area (Å²) in [6.45, 7) is 4.38. The highest BCUT2D eigenvalue weighted by atomic mass is 16.5. The summed E-state index contributed by atoms with van der Waals surface area (Å²) in [6.07, 6.45) is -0.612. The molecule has 0 N–H and O–H groups in total. The molecule has 0 saturated heterocycles. The van der Waals surface area contributed by atoms with Crippen molar-refractivity contribution in [1.82, 2.24) is 0 Å². The lowest BCUT2D eigenvalue weighted by Crippen LogP contribution is -1.95. The Hall–Kier alpha value is -0.930. The van der Waals surface area contributed by atoms with Gasteiger partial charge in [-0.05, 0) is 13.8 Å². The molecular formula is C5H10N2O2. The summed E-state index contributed by atoms with van der Waals surface area (Å²) < 4.78 is 4.44. The molecule has 0 spiro atoms. The summed E-state index contributed by atoms with van der Waals surface area (Å²) in [6, 6.07) is 0. The molecule has 0 aliphatic heterocycles. The Balaban J connectivity index is 3.37. The van der Waals surface area contributed by atoms with Crippen molar-refractivity contribution in [2.45, 2.75) is 13.8 Å². The van der Waals surface area contributed by atoms with E-state index in [4.69, 9.17) is 0 Å². The van der Waals surface area contributed by atoms with Crippen LogP contribution >= 0.6 is 0 Å². The number of amides is 1. The van der Waals surface area contributed by atoms with E-state index in [1.807, 2.05) is 0 Å². The molecule has 0 rings (SSSR count). The summed E-state index contributed by atoms with van der Waals surface area (Å²) in [7, 11) is 0. The monoisotopic (exact) mass is 130 g/mol. The van der Waals surface area contributed by atoms with Crippen molar-refractivity contribution in [2.24, 2.45) is 10.2 Å². The minimum absolute atomic E-state index is 0.349. The highest BCUT2D eigenvalue weighted by Crippen LogP contribution is 1.83. The second-order valence-electron chi connectivity index (χ2n) is 1.26. The van der Waals surface area contributed by atoms with Gasteiger partial charge in [-0.2, -0.15) is 5.11 Å². The highest BCUT2D eigenvalue weighted by Gasteiger charge is 1.92. The normalized spacial score (nSPS) is 10.0. The number of hydrogen-bond donors (Lipinski definition) is 0. The number of nitrogens with zero attached hydrogens (tertiary/aromatic N) is 2. The molecule has 0 radical (unpaired) electrons. The van der Waals surface area contributed by atoms with Gasteiger partial charge in [0.25, 0.3) is 0 Å².